The second kappa shape index (κ2) is 8.45. The summed E-state index contributed by atoms with van der Waals surface area (Å²) >= 11 is 3.01. The van der Waals surface area contributed by atoms with Crippen LogP contribution in [-0.4, -0.2) is 32.2 Å². The first-order valence-electron chi connectivity index (χ1n) is 6.35. The van der Waals surface area contributed by atoms with E-state index in [4.69, 9.17) is 15.2 Å². The van der Waals surface area contributed by atoms with E-state index in [2.05, 4.69) is 20.7 Å². The first kappa shape index (κ1) is 18.1. The van der Waals surface area contributed by atoms with Gasteiger partial charge in [-0.2, -0.15) is 0 Å². The molecule has 120 valence electrons. The van der Waals surface area contributed by atoms with Crippen LogP contribution in [0.15, 0.2) is 22.7 Å². The van der Waals surface area contributed by atoms with Gasteiger partial charge in [-0.15, -0.1) is 13.2 Å². The first-order valence-corrected chi connectivity index (χ1v) is 7.14. The number of nitrogens with two attached hydrogens (primary N) is 1. The standard InChI is InChI=1S/C13H17BrF3NO3/c1-2-19-10(8-18)5-6-20-9-3-4-12(11(14)7-9)21-13(15,16)17/h3-4,7,10H,2,5-6,8,18H2,1H3. The summed E-state index contributed by atoms with van der Waals surface area (Å²) in [5, 5.41) is 0. The van der Waals surface area contributed by atoms with E-state index in [0.717, 1.165) is 0 Å². The van der Waals surface area contributed by atoms with Gasteiger partial charge in [0.15, 0.2) is 0 Å². The van der Waals surface area contributed by atoms with Crippen LogP contribution >= 0.6 is 15.9 Å². The Morgan fingerprint density at radius 3 is 2.57 bits per heavy atom. The van der Waals surface area contributed by atoms with Gasteiger partial charge >= 0.3 is 6.36 Å². The van der Waals surface area contributed by atoms with E-state index in [1.165, 1.54) is 18.2 Å². The highest BCUT2D eigenvalue weighted by Crippen LogP contribution is 2.33. The van der Waals surface area contributed by atoms with Crippen molar-refractivity contribution in [2.75, 3.05) is 19.8 Å². The molecule has 0 aliphatic carbocycles. The molecule has 2 N–H and O–H groups in total. The number of benzene rings is 1. The number of hydrogen-bond acceptors (Lipinski definition) is 4. The van der Waals surface area contributed by atoms with Crippen molar-refractivity contribution in [3.8, 4) is 11.5 Å². The SMILES string of the molecule is CCOC(CN)CCOc1ccc(OC(F)(F)F)c(Br)c1. The number of rotatable bonds is 8. The molecular formula is C13H17BrF3NO3. The monoisotopic (exact) mass is 371 g/mol. The molecule has 4 nitrogen and oxygen atoms in total. The van der Waals surface area contributed by atoms with Gasteiger partial charge in [0.1, 0.15) is 11.5 Å². The minimum absolute atomic E-state index is 0.0914. The van der Waals surface area contributed by atoms with Gasteiger partial charge in [-0.1, -0.05) is 0 Å². The van der Waals surface area contributed by atoms with E-state index >= 15 is 0 Å². The fourth-order valence-electron chi connectivity index (χ4n) is 1.59. The molecule has 1 atom stereocenters. The zero-order valence-electron chi connectivity index (χ0n) is 11.5. The summed E-state index contributed by atoms with van der Waals surface area (Å²) in [7, 11) is 0. The molecule has 1 aromatic rings. The van der Waals surface area contributed by atoms with Gasteiger partial charge in [0.05, 0.1) is 17.2 Å². The minimum atomic E-state index is -4.73. The van der Waals surface area contributed by atoms with Gasteiger partial charge in [-0.05, 0) is 41.1 Å². The number of halogens is 4. The maximum atomic E-state index is 12.1. The van der Waals surface area contributed by atoms with E-state index in [1.54, 1.807) is 0 Å². The van der Waals surface area contributed by atoms with Crippen molar-refractivity contribution in [3.63, 3.8) is 0 Å². The highest BCUT2D eigenvalue weighted by atomic mass is 79.9. The zero-order valence-corrected chi connectivity index (χ0v) is 13.0. The number of alkyl halides is 3. The Bertz CT molecular complexity index is 443. The third-order valence-electron chi connectivity index (χ3n) is 2.50. The Balaban J connectivity index is 2.52. The molecule has 21 heavy (non-hydrogen) atoms. The largest absolute Gasteiger partial charge is 0.573 e. The maximum absolute atomic E-state index is 12.1. The Kier molecular flexibility index (Phi) is 7.27. The Hall–Kier alpha value is -0.990. The minimum Gasteiger partial charge on any atom is -0.493 e. The molecule has 0 fully saturated rings. The van der Waals surface area contributed by atoms with Crippen molar-refractivity contribution in [3.05, 3.63) is 22.7 Å². The highest BCUT2D eigenvalue weighted by molar-refractivity contribution is 9.10. The van der Waals surface area contributed by atoms with Gasteiger partial charge in [-0.25, -0.2) is 0 Å². The van der Waals surface area contributed by atoms with E-state index < -0.39 is 6.36 Å². The second-order valence-corrected chi connectivity index (χ2v) is 4.94. The molecule has 0 saturated heterocycles. The zero-order chi connectivity index (χ0) is 15.9. The molecular weight excluding hydrogens is 355 g/mol. The van der Waals surface area contributed by atoms with Crippen LogP contribution in [0.4, 0.5) is 13.2 Å². The summed E-state index contributed by atoms with van der Waals surface area (Å²) in [6.45, 7) is 3.18. The summed E-state index contributed by atoms with van der Waals surface area (Å²) in [6, 6.07) is 4.01. The van der Waals surface area contributed by atoms with Gasteiger partial charge in [0, 0.05) is 19.6 Å². The summed E-state index contributed by atoms with van der Waals surface area (Å²) < 4.78 is 51.2. The lowest BCUT2D eigenvalue weighted by molar-refractivity contribution is -0.274. The van der Waals surface area contributed by atoms with Crippen LogP contribution in [0.1, 0.15) is 13.3 Å². The van der Waals surface area contributed by atoms with Gasteiger partial charge in [0.25, 0.3) is 0 Å². The normalized spacial score (nSPS) is 13.0. The molecule has 0 aliphatic heterocycles. The highest BCUT2D eigenvalue weighted by Gasteiger charge is 2.31. The Morgan fingerprint density at radius 1 is 1.33 bits per heavy atom. The Morgan fingerprint density at radius 2 is 2.05 bits per heavy atom. The Labute approximate surface area is 129 Å². The van der Waals surface area contributed by atoms with Crippen LogP contribution in [0.2, 0.25) is 0 Å². The summed E-state index contributed by atoms with van der Waals surface area (Å²) in [4.78, 5) is 0. The fourth-order valence-corrected chi connectivity index (χ4v) is 2.03. The molecule has 8 heteroatoms. The van der Waals surface area contributed by atoms with Gasteiger partial charge in [0.2, 0.25) is 0 Å². The lowest BCUT2D eigenvalue weighted by Crippen LogP contribution is -2.25. The van der Waals surface area contributed by atoms with Crippen LogP contribution in [0.3, 0.4) is 0 Å². The van der Waals surface area contributed by atoms with E-state index in [0.29, 0.717) is 31.9 Å². The lowest BCUT2D eigenvalue weighted by atomic mass is 10.2. The number of hydrogen-bond donors (Lipinski definition) is 1. The van der Waals surface area contributed by atoms with Gasteiger partial charge in [-0.3, -0.25) is 0 Å². The van der Waals surface area contributed by atoms with Crippen molar-refractivity contribution in [1.29, 1.82) is 0 Å². The predicted molar refractivity (Wildman–Crippen MR) is 75.4 cm³/mol. The first-order chi connectivity index (χ1) is 9.85. The summed E-state index contributed by atoms with van der Waals surface area (Å²) in [5.74, 6) is 0.118. The average molecular weight is 372 g/mol. The third kappa shape index (κ3) is 7.01. The molecule has 0 aromatic heterocycles. The molecule has 1 aromatic carbocycles. The van der Waals surface area contributed by atoms with Crippen LogP contribution < -0.4 is 15.2 Å². The van der Waals surface area contributed by atoms with Crippen LogP contribution in [0.5, 0.6) is 11.5 Å². The lowest BCUT2D eigenvalue weighted by Gasteiger charge is -2.16. The summed E-state index contributed by atoms with van der Waals surface area (Å²) in [5.41, 5.74) is 5.53. The van der Waals surface area contributed by atoms with E-state index in [-0.39, 0.29) is 16.3 Å². The molecule has 0 heterocycles. The van der Waals surface area contributed by atoms with Crippen molar-refractivity contribution < 1.29 is 27.4 Å². The quantitative estimate of drug-likeness (QED) is 0.759. The van der Waals surface area contributed by atoms with Crippen molar-refractivity contribution in [2.24, 2.45) is 5.73 Å². The third-order valence-corrected chi connectivity index (χ3v) is 3.12. The summed E-state index contributed by atoms with van der Waals surface area (Å²) in [6.07, 6.45) is -4.22. The molecule has 0 aliphatic rings. The molecule has 0 radical (unpaired) electrons. The molecule has 1 rings (SSSR count). The maximum Gasteiger partial charge on any atom is 0.573 e. The average Bonchev–Trinajstić information content (AvgIpc) is 2.39. The van der Waals surface area contributed by atoms with E-state index in [1.807, 2.05) is 6.92 Å². The molecule has 0 saturated carbocycles. The van der Waals surface area contributed by atoms with Crippen LogP contribution in [0.25, 0.3) is 0 Å². The second-order valence-electron chi connectivity index (χ2n) is 4.09. The topological polar surface area (TPSA) is 53.7 Å². The van der Waals surface area contributed by atoms with Gasteiger partial charge < -0.3 is 19.9 Å². The molecule has 0 bridgehead atoms. The predicted octanol–water partition coefficient (Wildman–Crippen LogP) is 3.48. The smallest absolute Gasteiger partial charge is 0.493 e. The number of ether oxygens (including phenoxy) is 3. The van der Waals surface area contributed by atoms with E-state index in [9.17, 15) is 13.2 Å². The molecule has 0 spiro atoms. The van der Waals surface area contributed by atoms with Crippen molar-refractivity contribution in [1.82, 2.24) is 0 Å². The van der Waals surface area contributed by atoms with Crippen molar-refractivity contribution in [2.45, 2.75) is 25.8 Å². The van der Waals surface area contributed by atoms with Crippen molar-refractivity contribution >= 4 is 15.9 Å². The van der Waals surface area contributed by atoms with Crippen LogP contribution in [-0.2, 0) is 4.74 Å². The van der Waals surface area contributed by atoms with Crippen LogP contribution in [0, 0.1) is 0 Å². The molecule has 1 unspecified atom stereocenters. The molecule has 0 amide bonds. The fraction of sp³-hybridized carbons (Fsp3) is 0.538.